The summed E-state index contributed by atoms with van der Waals surface area (Å²) in [5, 5.41) is 0. The van der Waals surface area contributed by atoms with Crippen molar-refractivity contribution in [2.24, 2.45) is 0 Å². The summed E-state index contributed by atoms with van der Waals surface area (Å²) in [6, 6.07) is 1.76. The third-order valence-electron chi connectivity index (χ3n) is 1.67. The Hall–Kier alpha value is -1.54. The van der Waals surface area contributed by atoms with Crippen molar-refractivity contribution < 1.29 is 51.9 Å². The summed E-state index contributed by atoms with van der Waals surface area (Å²) in [7, 11) is -9.55. The van der Waals surface area contributed by atoms with E-state index in [2.05, 4.69) is 4.18 Å². The van der Waals surface area contributed by atoms with Crippen molar-refractivity contribution in [1.82, 2.24) is 0 Å². The van der Waals surface area contributed by atoms with Gasteiger partial charge >= 0.3 is 21.8 Å². The van der Waals surface area contributed by atoms with E-state index in [1.165, 1.54) is 0 Å². The Labute approximate surface area is 126 Å². The molecule has 1 rings (SSSR count). The Morgan fingerprint density at radius 1 is 0.913 bits per heavy atom. The molecule has 0 atom stereocenters. The van der Waals surface area contributed by atoms with Gasteiger partial charge in [0.25, 0.3) is 10.1 Å². The predicted molar refractivity (Wildman–Crippen MR) is 64.5 cm³/mol. The van der Waals surface area contributed by atoms with Crippen LogP contribution in [0.3, 0.4) is 0 Å². The topological polar surface area (TPSA) is 97.7 Å². The van der Waals surface area contributed by atoms with Crippen LogP contribution >= 0.6 is 0 Å². The van der Waals surface area contributed by atoms with Crippen LogP contribution in [0.5, 0.6) is 5.75 Å². The van der Waals surface area contributed by atoms with Crippen LogP contribution in [0.2, 0.25) is 0 Å². The van der Waals surface area contributed by atoms with E-state index in [0.717, 1.165) is 0 Å². The normalized spacial score (nSPS) is 13.0. The zero-order valence-electron chi connectivity index (χ0n) is 10.9. The van der Waals surface area contributed by atoms with Crippen molar-refractivity contribution in [2.75, 3.05) is 6.26 Å². The van der Waals surface area contributed by atoms with Gasteiger partial charge in [0.1, 0.15) is 5.75 Å². The minimum atomic E-state index is -5.88. The molecule has 0 fully saturated rings. The Balaban J connectivity index is 0.000000841. The fraction of sp³-hybridized carbons (Fsp3) is 0.333. The van der Waals surface area contributed by atoms with Gasteiger partial charge in [-0.1, -0.05) is 0 Å². The first kappa shape index (κ1) is 21.5. The van der Waals surface area contributed by atoms with Gasteiger partial charge in [0.2, 0.25) is 0 Å². The number of benzene rings is 1. The molecule has 1 N–H and O–H groups in total. The van der Waals surface area contributed by atoms with E-state index in [1.807, 2.05) is 0 Å². The highest BCUT2D eigenvalue weighted by Crippen LogP contribution is 2.32. The maximum absolute atomic E-state index is 12.1. The fourth-order valence-corrected chi connectivity index (χ4v) is 1.33. The van der Waals surface area contributed by atoms with Gasteiger partial charge in [-0.15, -0.1) is 0 Å². The summed E-state index contributed by atoms with van der Waals surface area (Å²) in [6.45, 7) is 0. The van der Waals surface area contributed by atoms with Crippen LogP contribution in [0, 0.1) is 0 Å². The van der Waals surface area contributed by atoms with Gasteiger partial charge in [-0.05, 0) is 24.3 Å². The molecule has 0 radical (unpaired) electrons. The summed E-state index contributed by atoms with van der Waals surface area (Å²) < 4.78 is 123. The largest absolute Gasteiger partial charge is 0.534 e. The van der Waals surface area contributed by atoms with Crippen molar-refractivity contribution in [3.8, 4) is 5.75 Å². The number of halogens is 6. The second-order valence-corrected chi connectivity index (χ2v) is 6.74. The maximum Gasteiger partial charge on any atom is 0.534 e. The highest BCUT2D eigenvalue weighted by atomic mass is 32.2. The third kappa shape index (κ3) is 8.61. The minimum absolute atomic E-state index is 0.404. The predicted octanol–water partition coefficient (Wildman–Crippen LogP) is 2.44. The lowest BCUT2D eigenvalue weighted by atomic mass is 10.2. The number of rotatable bonds is 2. The zero-order valence-corrected chi connectivity index (χ0v) is 12.5. The molecule has 0 aliphatic heterocycles. The molecule has 134 valence electrons. The summed E-state index contributed by atoms with van der Waals surface area (Å²) in [6.07, 6.45) is -3.96. The molecule has 0 unspecified atom stereocenters. The van der Waals surface area contributed by atoms with Gasteiger partial charge in [0, 0.05) is 0 Å². The van der Waals surface area contributed by atoms with Crippen molar-refractivity contribution in [3.63, 3.8) is 0 Å². The molecule has 0 spiro atoms. The van der Waals surface area contributed by atoms with Crippen molar-refractivity contribution in [2.45, 2.75) is 11.7 Å². The molecule has 0 aliphatic carbocycles. The fourth-order valence-electron chi connectivity index (χ4n) is 0.873. The summed E-state index contributed by atoms with van der Waals surface area (Å²) >= 11 is 0. The smallest absolute Gasteiger partial charge is 0.376 e. The van der Waals surface area contributed by atoms with Crippen molar-refractivity contribution >= 4 is 20.2 Å². The molecule has 0 saturated carbocycles. The van der Waals surface area contributed by atoms with Gasteiger partial charge in [0.15, 0.2) is 0 Å². The number of hydrogen-bond acceptors (Lipinski definition) is 5. The standard InChI is InChI=1S/C8H4F6O3S.CH4O3S/c9-7(10,11)5-1-3-6(4-2-5)17-18(15,16)8(12,13)14;1-5(2,3)4/h1-4H;1H3,(H,2,3,4). The van der Waals surface area contributed by atoms with Crippen LogP contribution in [-0.4, -0.2) is 33.2 Å². The monoisotopic (exact) mass is 390 g/mol. The zero-order chi connectivity index (χ0) is 18.7. The van der Waals surface area contributed by atoms with E-state index < -0.39 is 43.2 Å². The first-order valence-corrected chi connectivity index (χ1v) is 8.29. The van der Waals surface area contributed by atoms with Gasteiger partial charge in [-0.2, -0.15) is 43.2 Å². The Kier molecular flexibility index (Phi) is 6.46. The molecule has 0 heterocycles. The summed E-state index contributed by atoms with van der Waals surface area (Å²) in [5.41, 5.74) is -6.78. The SMILES string of the molecule is CS(=O)(=O)O.O=S(=O)(Oc1ccc(C(F)(F)F)cc1)C(F)(F)F. The maximum atomic E-state index is 12.1. The molecule has 0 aromatic heterocycles. The molecule has 0 bridgehead atoms. The Bertz CT molecular complexity index is 709. The molecule has 1 aromatic carbocycles. The quantitative estimate of drug-likeness (QED) is 0.361. The molecular formula is C9H8F6O6S2. The lowest BCUT2D eigenvalue weighted by Crippen LogP contribution is -2.28. The van der Waals surface area contributed by atoms with Crippen molar-refractivity contribution in [1.29, 1.82) is 0 Å². The number of alkyl halides is 6. The second-order valence-electron chi connectivity index (χ2n) is 3.74. The van der Waals surface area contributed by atoms with Crippen LogP contribution < -0.4 is 4.18 Å². The van der Waals surface area contributed by atoms with Gasteiger partial charge in [0.05, 0.1) is 11.8 Å². The van der Waals surface area contributed by atoms with E-state index in [4.69, 9.17) is 4.55 Å². The van der Waals surface area contributed by atoms with Gasteiger partial charge < -0.3 is 4.18 Å². The summed E-state index contributed by atoms with van der Waals surface area (Å²) in [5.74, 6) is -0.861. The Morgan fingerprint density at radius 3 is 1.52 bits per heavy atom. The average molecular weight is 390 g/mol. The lowest BCUT2D eigenvalue weighted by Gasteiger charge is -2.10. The number of hydrogen-bond donors (Lipinski definition) is 1. The first-order valence-electron chi connectivity index (χ1n) is 5.04. The molecular weight excluding hydrogens is 382 g/mol. The molecule has 0 amide bonds. The minimum Gasteiger partial charge on any atom is -0.376 e. The highest BCUT2D eigenvalue weighted by molar-refractivity contribution is 7.88. The van der Waals surface area contributed by atoms with Gasteiger partial charge in [-0.3, -0.25) is 4.55 Å². The second kappa shape index (κ2) is 6.92. The molecule has 0 saturated heterocycles. The molecule has 0 aliphatic rings. The van der Waals surface area contributed by atoms with Crippen LogP contribution in [-0.2, 0) is 26.4 Å². The molecule has 14 heteroatoms. The van der Waals surface area contributed by atoms with E-state index in [9.17, 15) is 43.2 Å². The van der Waals surface area contributed by atoms with Crippen LogP contribution in [0.1, 0.15) is 5.56 Å². The van der Waals surface area contributed by atoms with E-state index >= 15 is 0 Å². The van der Waals surface area contributed by atoms with E-state index in [0.29, 0.717) is 30.5 Å². The van der Waals surface area contributed by atoms with Gasteiger partial charge in [-0.25, -0.2) is 0 Å². The van der Waals surface area contributed by atoms with Crippen LogP contribution in [0.15, 0.2) is 24.3 Å². The molecule has 1 aromatic rings. The van der Waals surface area contributed by atoms with Crippen molar-refractivity contribution in [3.05, 3.63) is 29.8 Å². The first-order chi connectivity index (χ1) is 9.93. The van der Waals surface area contributed by atoms with E-state index in [1.54, 1.807) is 0 Å². The average Bonchev–Trinajstić information content (AvgIpc) is 2.23. The highest BCUT2D eigenvalue weighted by Gasteiger charge is 2.48. The molecule has 23 heavy (non-hydrogen) atoms. The Morgan fingerprint density at radius 2 is 1.26 bits per heavy atom. The van der Waals surface area contributed by atoms with Crippen LogP contribution in [0.25, 0.3) is 0 Å². The lowest BCUT2D eigenvalue weighted by molar-refractivity contribution is -0.137. The van der Waals surface area contributed by atoms with E-state index in [-0.39, 0.29) is 0 Å². The third-order valence-corrected chi connectivity index (χ3v) is 2.65. The molecule has 6 nitrogen and oxygen atoms in total. The summed E-state index contributed by atoms with van der Waals surface area (Å²) in [4.78, 5) is 0. The van der Waals surface area contributed by atoms with Crippen LogP contribution in [0.4, 0.5) is 26.3 Å².